The van der Waals surface area contributed by atoms with E-state index in [1.54, 1.807) is 6.08 Å². The van der Waals surface area contributed by atoms with E-state index in [4.69, 9.17) is 0 Å². The SMILES string of the molecule is C=C/C=C(\C=C)CC(F)(F)C1CCCN1. The maximum absolute atomic E-state index is 13.7. The average molecular weight is 213 g/mol. The number of hydrogen-bond acceptors (Lipinski definition) is 1. The Balaban J connectivity index is 2.64. The van der Waals surface area contributed by atoms with Crippen molar-refractivity contribution in [2.45, 2.75) is 31.2 Å². The molecule has 0 aromatic rings. The van der Waals surface area contributed by atoms with E-state index in [-0.39, 0.29) is 6.42 Å². The molecule has 0 radical (unpaired) electrons. The van der Waals surface area contributed by atoms with Crippen molar-refractivity contribution in [2.75, 3.05) is 6.54 Å². The van der Waals surface area contributed by atoms with Crippen LogP contribution in [0.4, 0.5) is 8.78 Å². The van der Waals surface area contributed by atoms with Crippen LogP contribution in [0.1, 0.15) is 19.3 Å². The number of rotatable bonds is 5. The zero-order valence-corrected chi connectivity index (χ0v) is 8.81. The van der Waals surface area contributed by atoms with E-state index in [1.807, 2.05) is 0 Å². The Morgan fingerprint density at radius 1 is 1.47 bits per heavy atom. The fourth-order valence-electron chi connectivity index (χ4n) is 1.79. The van der Waals surface area contributed by atoms with E-state index in [1.165, 1.54) is 12.2 Å². The third kappa shape index (κ3) is 3.27. The molecule has 0 aromatic carbocycles. The second-order valence-electron chi connectivity index (χ2n) is 3.77. The Kier molecular flexibility index (Phi) is 4.21. The predicted molar refractivity (Wildman–Crippen MR) is 59.1 cm³/mol. The Morgan fingerprint density at radius 3 is 2.67 bits per heavy atom. The molecule has 0 spiro atoms. The van der Waals surface area contributed by atoms with Crippen molar-refractivity contribution in [1.82, 2.24) is 5.32 Å². The first-order chi connectivity index (χ1) is 7.10. The third-order valence-corrected chi connectivity index (χ3v) is 2.60. The number of hydrogen-bond donors (Lipinski definition) is 1. The van der Waals surface area contributed by atoms with Gasteiger partial charge < -0.3 is 5.32 Å². The van der Waals surface area contributed by atoms with Crippen LogP contribution >= 0.6 is 0 Å². The highest BCUT2D eigenvalue weighted by Crippen LogP contribution is 2.31. The molecule has 3 heteroatoms. The lowest BCUT2D eigenvalue weighted by Gasteiger charge is -2.23. The Hall–Kier alpha value is -0.960. The zero-order chi connectivity index (χ0) is 11.3. The first-order valence-corrected chi connectivity index (χ1v) is 5.15. The van der Waals surface area contributed by atoms with Gasteiger partial charge in [-0.25, -0.2) is 8.78 Å². The summed E-state index contributed by atoms with van der Waals surface area (Å²) in [6.45, 7) is 7.70. The van der Waals surface area contributed by atoms with Gasteiger partial charge in [0, 0.05) is 6.42 Å². The minimum absolute atomic E-state index is 0.264. The largest absolute Gasteiger partial charge is 0.309 e. The zero-order valence-electron chi connectivity index (χ0n) is 8.81. The van der Waals surface area contributed by atoms with Crippen molar-refractivity contribution >= 4 is 0 Å². The van der Waals surface area contributed by atoms with Crippen LogP contribution in [-0.2, 0) is 0 Å². The number of allylic oxidation sites excluding steroid dienone is 4. The summed E-state index contributed by atoms with van der Waals surface area (Å²) in [4.78, 5) is 0. The molecule has 84 valence electrons. The van der Waals surface area contributed by atoms with E-state index in [9.17, 15) is 8.78 Å². The molecule has 1 rings (SSSR count). The molecule has 0 aromatic heterocycles. The predicted octanol–water partition coefficient (Wildman–Crippen LogP) is 3.06. The van der Waals surface area contributed by atoms with Gasteiger partial charge in [-0.15, -0.1) is 0 Å². The Labute approximate surface area is 89.6 Å². The van der Waals surface area contributed by atoms with Gasteiger partial charge in [-0.2, -0.15) is 0 Å². The van der Waals surface area contributed by atoms with Crippen LogP contribution in [0, 0.1) is 0 Å². The van der Waals surface area contributed by atoms with Crippen molar-refractivity contribution in [3.63, 3.8) is 0 Å². The van der Waals surface area contributed by atoms with E-state index in [0.29, 0.717) is 18.5 Å². The molecule has 1 unspecified atom stereocenters. The molecule has 0 aliphatic carbocycles. The van der Waals surface area contributed by atoms with Crippen LogP contribution in [0.2, 0.25) is 0 Å². The fourth-order valence-corrected chi connectivity index (χ4v) is 1.79. The maximum atomic E-state index is 13.7. The van der Waals surface area contributed by atoms with Gasteiger partial charge in [0.25, 0.3) is 5.92 Å². The molecule has 0 bridgehead atoms. The fraction of sp³-hybridized carbons (Fsp3) is 0.500. The lowest BCUT2D eigenvalue weighted by atomic mass is 9.99. The molecule has 1 heterocycles. The highest BCUT2D eigenvalue weighted by Gasteiger charge is 2.40. The number of halogens is 2. The van der Waals surface area contributed by atoms with Crippen LogP contribution in [0.3, 0.4) is 0 Å². The first kappa shape index (κ1) is 12.1. The molecule has 1 atom stereocenters. The Bertz CT molecular complexity index is 263. The van der Waals surface area contributed by atoms with Gasteiger partial charge in [0.2, 0.25) is 0 Å². The summed E-state index contributed by atoms with van der Waals surface area (Å²) in [5.74, 6) is -2.69. The average Bonchev–Trinajstić information content (AvgIpc) is 2.70. The van der Waals surface area contributed by atoms with Crippen LogP contribution < -0.4 is 5.32 Å². The molecule has 15 heavy (non-hydrogen) atoms. The van der Waals surface area contributed by atoms with Crippen LogP contribution in [0.15, 0.2) is 37.0 Å². The second kappa shape index (κ2) is 5.21. The maximum Gasteiger partial charge on any atom is 0.267 e. The second-order valence-corrected chi connectivity index (χ2v) is 3.77. The van der Waals surface area contributed by atoms with E-state index in [0.717, 1.165) is 6.42 Å². The normalized spacial score (nSPS) is 22.8. The van der Waals surface area contributed by atoms with Crippen LogP contribution in [0.5, 0.6) is 0 Å². The van der Waals surface area contributed by atoms with Crippen molar-refractivity contribution in [3.05, 3.63) is 37.0 Å². The summed E-state index contributed by atoms with van der Waals surface area (Å²) in [6.07, 6.45) is 5.66. The summed E-state index contributed by atoms with van der Waals surface area (Å²) in [5, 5.41) is 2.83. The molecule has 0 amide bonds. The van der Waals surface area contributed by atoms with Gasteiger partial charge in [0.1, 0.15) is 0 Å². The molecule has 0 saturated carbocycles. The number of alkyl halides is 2. The Morgan fingerprint density at radius 2 is 2.20 bits per heavy atom. The molecule has 1 fully saturated rings. The quantitative estimate of drug-likeness (QED) is 0.692. The van der Waals surface area contributed by atoms with Gasteiger partial charge in [-0.3, -0.25) is 0 Å². The molecule has 1 nitrogen and oxygen atoms in total. The summed E-state index contributed by atoms with van der Waals surface area (Å²) in [5.41, 5.74) is 0.531. The van der Waals surface area contributed by atoms with Gasteiger partial charge >= 0.3 is 0 Å². The van der Waals surface area contributed by atoms with Gasteiger partial charge in [-0.1, -0.05) is 31.4 Å². The van der Waals surface area contributed by atoms with Gasteiger partial charge in [0.05, 0.1) is 6.04 Å². The lowest BCUT2D eigenvalue weighted by molar-refractivity contribution is -0.0299. The molecular formula is C12H17F2N. The first-order valence-electron chi connectivity index (χ1n) is 5.15. The highest BCUT2D eigenvalue weighted by atomic mass is 19.3. The molecule has 1 saturated heterocycles. The molecule has 1 N–H and O–H groups in total. The summed E-state index contributed by atoms with van der Waals surface area (Å²) < 4.78 is 27.4. The van der Waals surface area contributed by atoms with Crippen molar-refractivity contribution in [2.24, 2.45) is 0 Å². The highest BCUT2D eigenvalue weighted by molar-refractivity contribution is 5.23. The van der Waals surface area contributed by atoms with Crippen molar-refractivity contribution < 1.29 is 8.78 Å². The van der Waals surface area contributed by atoms with E-state index in [2.05, 4.69) is 18.5 Å². The van der Waals surface area contributed by atoms with E-state index >= 15 is 0 Å². The lowest BCUT2D eigenvalue weighted by Crippen LogP contribution is -2.40. The standard InChI is InChI=1S/C12H17F2N/c1-3-6-10(4-2)9-12(13,14)11-7-5-8-15-11/h3-4,6,11,15H,1-2,5,7-9H2/b10-6+. The molecular weight excluding hydrogens is 196 g/mol. The molecule has 1 aliphatic rings. The van der Waals surface area contributed by atoms with E-state index < -0.39 is 12.0 Å². The smallest absolute Gasteiger partial charge is 0.267 e. The summed E-state index contributed by atoms with van der Waals surface area (Å²) in [6, 6.07) is -0.689. The van der Waals surface area contributed by atoms with Crippen molar-refractivity contribution in [1.29, 1.82) is 0 Å². The van der Waals surface area contributed by atoms with Crippen LogP contribution in [-0.4, -0.2) is 18.5 Å². The van der Waals surface area contributed by atoms with Gasteiger partial charge in [-0.05, 0) is 25.0 Å². The summed E-state index contributed by atoms with van der Waals surface area (Å²) >= 11 is 0. The third-order valence-electron chi connectivity index (χ3n) is 2.60. The topological polar surface area (TPSA) is 12.0 Å². The minimum Gasteiger partial charge on any atom is -0.309 e. The van der Waals surface area contributed by atoms with Crippen molar-refractivity contribution in [3.8, 4) is 0 Å². The minimum atomic E-state index is -2.69. The number of nitrogens with one attached hydrogen (secondary N) is 1. The van der Waals surface area contributed by atoms with Gasteiger partial charge in [0.15, 0.2) is 0 Å². The summed E-state index contributed by atoms with van der Waals surface area (Å²) in [7, 11) is 0. The van der Waals surface area contributed by atoms with Crippen LogP contribution in [0.25, 0.3) is 0 Å². The molecule has 1 aliphatic heterocycles. The monoisotopic (exact) mass is 213 g/mol.